The average molecular weight is 807 g/mol. The Kier molecular flexibility index (Phi) is 15.6. The zero-order chi connectivity index (χ0) is 41.7. The van der Waals surface area contributed by atoms with Gasteiger partial charge in [0.15, 0.2) is 23.3 Å². The van der Waals surface area contributed by atoms with E-state index in [0.29, 0.717) is 52.9 Å². The first kappa shape index (κ1) is 44.0. The van der Waals surface area contributed by atoms with Crippen molar-refractivity contribution in [2.45, 2.75) is 121 Å². The molecule has 2 aliphatic rings. The molecule has 6 rings (SSSR count). The van der Waals surface area contributed by atoms with Gasteiger partial charge in [-0.3, -0.25) is 9.97 Å². The molecule has 2 saturated carbocycles. The maximum atomic E-state index is 10.8. The summed E-state index contributed by atoms with van der Waals surface area (Å²) in [5, 5.41) is 23.1. The van der Waals surface area contributed by atoms with Gasteiger partial charge in [-0.25, -0.2) is 19.9 Å². The number of nitrogens with zero attached hydrogens (tertiary/aromatic N) is 6. The number of aliphatic hydroxyl groups is 1. The molecule has 0 spiro atoms. The minimum atomic E-state index is -0.999. The molecule has 312 valence electrons. The normalized spacial score (nSPS) is 19.6. The van der Waals surface area contributed by atoms with E-state index < -0.39 is 5.60 Å². The molecule has 0 amide bonds. The quantitative estimate of drug-likeness (QED) is 0.0639. The lowest BCUT2D eigenvalue weighted by Gasteiger charge is -2.29. The first-order chi connectivity index (χ1) is 27.8. The van der Waals surface area contributed by atoms with E-state index >= 15 is 0 Å². The summed E-state index contributed by atoms with van der Waals surface area (Å²) in [5.74, 6) is 2.44. The molecule has 5 N–H and O–H groups in total. The second-order valence-corrected chi connectivity index (χ2v) is 16.4. The van der Waals surface area contributed by atoms with Crippen molar-refractivity contribution in [3.05, 3.63) is 60.4 Å². The molecule has 0 unspecified atom stereocenters. The minimum absolute atomic E-state index is 0.000572. The Hall–Kier alpha value is -5.12. The molecular weight excluding hydrogens is 746 g/mol. The van der Waals surface area contributed by atoms with Crippen LogP contribution in [0.1, 0.15) is 97.4 Å². The Morgan fingerprint density at radius 2 is 1.02 bits per heavy atom. The SMILES string of the molecule is COC1CCC(Nc2nc(-c3ccc([13C](C)([13CH3])[13CH3])nc3)cnc2N[13CH2][13CH]=O)CC1.COC1CCC(Nc2nc(-c3ccc([13C]([13CH3])([13CH3])O)nc3)cnc2N[13CH2][13CH]=O)CC1. The fourth-order valence-corrected chi connectivity index (χ4v) is 6.96. The highest BCUT2D eigenvalue weighted by atomic mass is 16.5. The van der Waals surface area contributed by atoms with Crippen LogP contribution < -0.4 is 21.3 Å². The van der Waals surface area contributed by atoms with Gasteiger partial charge in [0.1, 0.15) is 18.2 Å². The van der Waals surface area contributed by atoms with Crippen molar-refractivity contribution in [2.75, 3.05) is 48.6 Å². The van der Waals surface area contributed by atoms with Gasteiger partial charge in [-0.1, -0.05) is 20.8 Å². The number of aldehydes is 2. The summed E-state index contributed by atoms with van der Waals surface area (Å²) in [6, 6.07) is 8.31. The fourth-order valence-electron chi connectivity index (χ4n) is 6.96. The van der Waals surface area contributed by atoms with Crippen LogP contribution in [0.25, 0.3) is 22.5 Å². The Morgan fingerprint density at radius 3 is 1.34 bits per heavy atom. The first-order valence-electron chi connectivity index (χ1n) is 20.1. The van der Waals surface area contributed by atoms with Crippen molar-refractivity contribution < 1.29 is 24.2 Å². The number of methoxy groups -OCH3 is 2. The summed E-state index contributed by atoms with van der Waals surface area (Å²) < 4.78 is 10.9. The smallest absolute Gasteiger partial charge is 0.169 e. The van der Waals surface area contributed by atoms with Crippen LogP contribution in [0.5, 0.6) is 0 Å². The number of carbonyl (C=O) groups is 2. The standard InChI is InChI=1S/C22H31N5O2.C21H29N5O3/c1-22(2,3)19-10-5-15(13-24-19)18-14-25-20(23-11-12-28)21(27-18)26-16-6-8-17(29-4)9-7-16;1-21(2,28)18-9-4-14(12-23-18)17-13-24-19(22-10-11-27)20(26-17)25-15-5-7-16(29-3)8-6-15/h5,10,12-14,16-17H,6-9,11H2,1-4H3,(H,23,25)(H,26,27);4,9,11-13,15-16,28H,5-8,10H2,1-3H3,(H,22,24)(H,25,26)/i1+1,2+1,11+1,12+1,22+1;1+1,2+1,10+1,11+1,21+1. The van der Waals surface area contributed by atoms with Gasteiger partial charge < -0.3 is 45.4 Å². The molecule has 58 heavy (non-hydrogen) atoms. The molecule has 0 bridgehead atoms. The maximum absolute atomic E-state index is 10.8. The zero-order valence-electron chi connectivity index (χ0n) is 34.9. The molecule has 0 aliphatic heterocycles. The second-order valence-electron chi connectivity index (χ2n) is 16.4. The number of hydrogen-bond acceptors (Lipinski definition) is 15. The van der Waals surface area contributed by atoms with Crippen LogP contribution in [-0.4, -0.2) is 99.2 Å². The number of nitrogens with one attached hydrogen (secondary N) is 4. The van der Waals surface area contributed by atoms with E-state index in [4.69, 9.17) is 19.4 Å². The van der Waals surface area contributed by atoms with E-state index in [0.717, 1.165) is 86.5 Å². The summed E-state index contributed by atoms with van der Waals surface area (Å²) >= 11 is 0. The molecule has 4 aromatic heterocycles. The Balaban J connectivity index is 0.000000221. The molecule has 15 heteroatoms. The number of ether oxygens (including phenoxy) is 2. The minimum Gasteiger partial charge on any atom is -0.384 e. The lowest BCUT2D eigenvalue weighted by atomic mass is 9.93. The molecule has 0 aromatic carbocycles. The van der Waals surface area contributed by atoms with E-state index in [2.05, 4.69) is 62.0 Å². The summed E-state index contributed by atoms with van der Waals surface area (Å²) in [5.41, 5.74) is 3.77. The zero-order valence-corrected chi connectivity index (χ0v) is 34.9. The third-order valence-corrected chi connectivity index (χ3v) is 10.5. The highest BCUT2D eigenvalue weighted by Gasteiger charge is 2.24. The van der Waals surface area contributed by atoms with Crippen LogP contribution in [0.2, 0.25) is 0 Å². The number of aromatic nitrogens is 6. The van der Waals surface area contributed by atoms with Gasteiger partial charge in [-0.05, 0) is 89.5 Å². The van der Waals surface area contributed by atoms with Gasteiger partial charge in [0, 0.05) is 60.9 Å². The molecule has 15 nitrogen and oxygen atoms in total. The van der Waals surface area contributed by atoms with Crippen molar-refractivity contribution in [3.63, 3.8) is 0 Å². The Bertz CT molecular complexity index is 1760. The summed E-state index contributed by atoms with van der Waals surface area (Å²) in [6.45, 7) is 10.2. The van der Waals surface area contributed by atoms with Gasteiger partial charge in [-0.2, -0.15) is 0 Å². The van der Waals surface area contributed by atoms with Crippen molar-refractivity contribution in [3.8, 4) is 22.5 Å². The molecular formula is C43H60N10O5. The van der Waals surface area contributed by atoms with Gasteiger partial charge in [-0.15, -0.1) is 0 Å². The Morgan fingerprint density at radius 1 is 0.603 bits per heavy atom. The first-order valence-corrected chi connectivity index (χ1v) is 20.1. The van der Waals surface area contributed by atoms with Crippen molar-refractivity contribution >= 4 is 35.8 Å². The van der Waals surface area contributed by atoms with Gasteiger partial charge in [0.25, 0.3) is 0 Å². The average Bonchev–Trinajstić information content (AvgIpc) is 3.23. The highest BCUT2D eigenvalue weighted by Crippen LogP contribution is 2.30. The van der Waals surface area contributed by atoms with Crippen molar-refractivity contribution in [1.29, 1.82) is 0 Å². The fraction of sp³-hybridized carbons (Fsp3) is 0.535. The predicted molar refractivity (Wildman–Crippen MR) is 227 cm³/mol. The Labute approximate surface area is 342 Å². The molecule has 4 heterocycles. The molecule has 2 aliphatic carbocycles. The van der Waals surface area contributed by atoms with E-state index in [1.165, 1.54) is 0 Å². The van der Waals surface area contributed by atoms with Crippen LogP contribution >= 0.6 is 0 Å². The number of hydrogen-bond donors (Lipinski definition) is 5. The predicted octanol–water partition coefficient (Wildman–Crippen LogP) is 6.56. The lowest BCUT2D eigenvalue weighted by molar-refractivity contribution is -0.107. The van der Waals surface area contributed by atoms with Crippen LogP contribution in [0.3, 0.4) is 0 Å². The van der Waals surface area contributed by atoms with Gasteiger partial charge in [0.2, 0.25) is 0 Å². The van der Waals surface area contributed by atoms with Crippen LogP contribution in [-0.2, 0) is 30.1 Å². The van der Waals surface area contributed by atoms with E-state index in [1.807, 2.05) is 24.4 Å². The highest BCUT2D eigenvalue weighted by molar-refractivity contribution is 5.70. The number of carbonyl (C=O) groups excluding carboxylic acids is 2. The number of rotatable bonds is 15. The van der Waals surface area contributed by atoms with Crippen molar-refractivity contribution in [1.82, 2.24) is 29.9 Å². The summed E-state index contributed by atoms with van der Waals surface area (Å²) in [6.07, 6.45) is 17.2. The number of pyridine rings is 2. The third-order valence-electron chi connectivity index (χ3n) is 10.5. The largest absolute Gasteiger partial charge is 0.384 e. The van der Waals surface area contributed by atoms with E-state index in [9.17, 15) is 14.7 Å². The van der Waals surface area contributed by atoms with Crippen LogP contribution in [0, 0.1) is 0 Å². The van der Waals surface area contributed by atoms with Crippen molar-refractivity contribution in [2.24, 2.45) is 0 Å². The van der Waals surface area contributed by atoms with Crippen LogP contribution in [0.4, 0.5) is 23.3 Å². The maximum Gasteiger partial charge on any atom is 0.169 e. The molecule has 0 radical (unpaired) electrons. The summed E-state index contributed by atoms with van der Waals surface area (Å²) in [7, 11) is 3.53. The van der Waals surface area contributed by atoms with E-state index in [-0.39, 0.29) is 24.5 Å². The van der Waals surface area contributed by atoms with Crippen LogP contribution in [0.15, 0.2) is 49.1 Å². The molecule has 2 fully saturated rings. The molecule has 0 saturated heterocycles. The van der Waals surface area contributed by atoms with E-state index in [1.54, 1.807) is 52.7 Å². The third kappa shape index (κ3) is 12.4. The topological polar surface area (TPSA) is 198 Å². The monoisotopic (exact) mass is 807 g/mol. The molecule has 0 atom stereocenters. The van der Waals surface area contributed by atoms with Gasteiger partial charge >= 0.3 is 0 Å². The second kappa shape index (κ2) is 20.5. The van der Waals surface area contributed by atoms with Gasteiger partial charge in [0.05, 0.1) is 54.8 Å². The molecule has 4 aromatic rings. The summed E-state index contributed by atoms with van der Waals surface area (Å²) in [4.78, 5) is 49.0. The lowest BCUT2D eigenvalue weighted by Crippen LogP contribution is -2.30. The number of anilines is 4.